The molecule has 2 aromatic carbocycles. The minimum atomic E-state index is 0.0395. The van der Waals surface area contributed by atoms with E-state index in [4.69, 9.17) is 9.72 Å². The van der Waals surface area contributed by atoms with Crippen LogP contribution in [0.15, 0.2) is 52.4 Å². The highest BCUT2D eigenvalue weighted by Gasteiger charge is 2.24. The van der Waals surface area contributed by atoms with E-state index in [1.165, 1.54) is 27.1 Å². The topological polar surface area (TPSA) is 44.1 Å². The molecule has 2 heterocycles. The van der Waals surface area contributed by atoms with Gasteiger partial charge in [0.05, 0.1) is 18.2 Å². The van der Waals surface area contributed by atoms with E-state index in [9.17, 15) is 4.79 Å². The summed E-state index contributed by atoms with van der Waals surface area (Å²) in [6.07, 6.45) is 3.16. The van der Waals surface area contributed by atoms with Crippen LogP contribution in [-0.2, 0) is 18.6 Å². The second kappa shape index (κ2) is 8.17. The van der Waals surface area contributed by atoms with E-state index < -0.39 is 0 Å². The first-order valence-corrected chi connectivity index (χ1v) is 12.3. The van der Waals surface area contributed by atoms with Gasteiger partial charge in [0.15, 0.2) is 5.16 Å². The van der Waals surface area contributed by atoms with Gasteiger partial charge in [-0.1, -0.05) is 35.5 Å². The predicted octanol–water partition coefficient (Wildman–Crippen LogP) is 5.85. The number of nitrogens with zero attached hydrogens (tertiary/aromatic N) is 2. The molecule has 0 N–H and O–H groups in total. The van der Waals surface area contributed by atoms with Crippen LogP contribution in [0.4, 0.5) is 0 Å². The summed E-state index contributed by atoms with van der Waals surface area (Å²) in [6.45, 7) is 4.25. The Morgan fingerprint density at radius 3 is 2.68 bits per heavy atom. The smallest absolute Gasteiger partial charge is 0.267 e. The largest absolute Gasteiger partial charge is 0.497 e. The molecular formula is C25H24N2O2S2. The zero-order chi connectivity index (χ0) is 21.5. The number of fused-ring (bicyclic) bond motifs is 3. The third kappa shape index (κ3) is 3.68. The normalized spacial score (nSPS) is 13.0. The molecule has 31 heavy (non-hydrogen) atoms. The van der Waals surface area contributed by atoms with Crippen molar-refractivity contribution in [3.63, 3.8) is 0 Å². The number of hydrogen-bond donors (Lipinski definition) is 0. The van der Waals surface area contributed by atoms with E-state index in [1.807, 2.05) is 24.3 Å². The molecule has 0 fully saturated rings. The van der Waals surface area contributed by atoms with Crippen LogP contribution >= 0.6 is 23.1 Å². The molecule has 6 heteroatoms. The highest BCUT2D eigenvalue weighted by molar-refractivity contribution is 7.98. The summed E-state index contributed by atoms with van der Waals surface area (Å²) >= 11 is 3.32. The monoisotopic (exact) mass is 448 g/mol. The molecule has 158 valence electrons. The van der Waals surface area contributed by atoms with Gasteiger partial charge in [0.1, 0.15) is 10.6 Å². The molecule has 0 bridgehead atoms. The van der Waals surface area contributed by atoms with Gasteiger partial charge in [-0.25, -0.2) is 4.98 Å². The van der Waals surface area contributed by atoms with Gasteiger partial charge in [0.2, 0.25) is 0 Å². The van der Waals surface area contributed by atoms with Crippen molar-refractivity contribution in [1.29, 1.82) is 0 Å². The minimum absolute atomic E-state index is 0.0395. The lowest BCUT2D eigenvalue weighted by Gasteiger charge is -2.14. The van der Waals surface area contributed by atoms with Gasteiger partial charge < -0.3 is 4.74 Å². The Hall–Kier alpha value is -2.57. The molecule has 0 saturated heterocycles. The van der Waals surface area contributed by atoms with Gasteiger partial charge in [0.25, 0.3) is 5.56 Å². The average Bonchev–Trinajstić information content (AvgIpc) is 3.34. The van der Waals surface area contributed by atoms with Crippen LogP contribution in [0.25, 0.3) is 15.9 Å². The number of thiophene rings is 1. The van der Waals surface area contributed by atoms with Gasteiger partial charge >= 0.3 is 0 Å². The third-order valence-electron chi connectivity index (χ3n) is 5.89. The summed E-state index contributed by atoms with van der Waals surface area (Å²) < 4.78 is 7.08. The lowest BCUT2D eigenvalue weighted by molar-refractivity contribution is 0.414. The SMILES string of the molecule is COc1ccc(-n2c(SCc3ccc(C)cc3C)nc3sc4c(c3c2=O)CCC4)cc1. The van der Waals surface area contributed by atoms with E-state index >= 15 is 0 Å². The number of aryl methyl sites for hydroxylation is 4. The van der Waals surface area contributed by atoms with Crippen LogP contribution in [0.1, 0.15) is 33.6 Å². The molecule has 0 radical (unpaired) electrons. The summed E-state index contributed by atoms with van der Waals surface area (Å²) in [5.41, 5.74) is 5.86. The molecule has 2 aromatic heterocycles. The van der Waals surface area contributed by atoms with Gasteiger partial charge in [-0.3, -0.25) is 9.36 Å². The van der Waals surface area contributed by atoms with Crippen LogP contribution < -0.4 is 10.3 Å². The van der Waals surface area contributed by atoms with Gasteiger partial charge in [-0.05, 0) is 74.1 Å². The summed E-state index contributed by atoms with van der Waals surface area (Å²) in [4.78, 5) is 20.9. The number of thioether (sulfide) groups is 1. The fourth-order valence-corrected chi connectivity index (χ4v) is 6.62. The number of benzene rings is 2. The highest BCUT2D eigenvalue weighted by Crippen LogP contribution is 2.36. The fourth-order valence-electron chi connectivity index (χ4n) is 4.23. The number of rotatable bonds is 5. The molecule has 1 aliphatic carbocycles. The molecule has 1 aliphatic rings. The molecule has 0 aliphatic heterocycles. The average molecular weight is 449 g/mol. The van der Waals surface area contributed by atoms with Crippen LogP contribution in [-0.4, -0.2) is 16.7 Å². The molecule has 0 spiro atoms. The lowest BCUT2D eigenvalue weighted by Crippen LogP contribution is -2.21. The molecule has 5 rings (SSSR count). The van der Waals surface area contributed by atoms with Crippen molar-refractivity contribution < 1.29 is 4.74 Å². The van der Waals surface area contributed by atoms with Crippen molar-refractivity contribution >= 4 is 33.3 Å². The summed E-state index contributed by atoms with van der Waals surface area (Å²) in [7, 11) is 1.65. The van der Waals surface area contributed by atoms with E-state index in [0.29, 0.717) is 0 Å². The lowest BCUT2D eigenvalue weighted by atomic mass is 10.1. The van der Waals surface area contributed by atoms with Gasteiger partial charge in [0, 0.05) is 10.6 Å². The van der Waals surface area contributed by atoms with Crippen LogP contribution in [0.5, 0.6) is 5.75 Å². The maximum absolute atomic E-state index is 13.7. The number of ether oxygens (including phenoxy) is 1. The minimum Gasteiger partial charge on any atom is -0.497 e. The van der Waals surface area contributed by atoms with E-state index in [1.54, 1.807) is 34.8 Å². The maximum atomic E-state index is 13.7. The highest BCUT2D eigenvalue weighted by atomic mass is 32.2. The third-order valence-corrected chi connectivity index (χ3v) is 8.07. The van der Waals surface area contributed by atoms with E-state index in [2.05, 4.69) is 32.0 Å². The zero-order valence-electron chi connectivity index (χ0n) is 17.9. The van der Waals surface area contributed by atoms with Crippen molar-refractivity contribution in [1.82, 2.24) is 9.55 Å². The first-order valence-electron chi connectivity index (χ1n) is 10.5. The van der Waals surface area contributed by atoms with Crippen LogP contribution in [0.2, 0.25) is 0 Å². The molecular weight excluding hydrogens is 424 g/mol. The standard InChI is InChI=1S/C25H24N2O2S2/c1-15-7-8-17(16(2)13-15)14-30-25-26-23-22(20-5-4-6-21(20)31-23)24(28)27(25)18-9-11-19(29-3)12-10-18/h7-13H,4-6,14H2,1-3H3. The van der Waals surface area contributed by atoms with Crippen LogP contribution in [0.3, 0.4) is 0 Å². The molecule has 0 atom stereocenters. The van der Waals surface area contributed by atoms with Crippen molar-refractivity contribution in [2.24, 2.45) is 0 Å². The first-order chi connectivity index (χ1) is 15.0. The second-order valence-electron chi connectivity index (χ2n) is 7.99. The Morgan fingerprint density at radius 1 is 1.13 bits per heavy atom. The van der Waals surface area contributed by atoms with Crippen molar-refractivity contribution in [2.45, 2.75) is 44.0 Å². The Labute approximate surface area is 189 Å². The Bertz CT molecular complexity index is 1340. The molecule has 0 amide bonds. The van der Waals surface area contributed by atoms with Crippen molar-refractivity contribution in [3.05, 3.63) is 79.9 Å². The van der Waals surface area contributed by atoms with Gasteiger partial charge in [-0.2, -0.15) is 0 Å². The van der Waals surface area contributed by atoms with Gasteiger partial charge in [-0.15, -0.1) is 11.3 Å². The zero-order valence-corrected chi connectivity index (χ0v) is 19.5. The number of hydrogen-bond acceptors (Lipinski definition) is 5. The molecule has 4 nitrogen and oxygen atoms in total. The Balaban J connectivity index is 1.63. The Morgan fingerprint density at radius 2 is 1.94 bits per heavy atom. The quantitative estimate of drug-likeness (QED) is 0.284. The number of methoxy groups -OCH3 is 1. The Kier molecular flexibility index (Phi) is 5.36. The first kappa shape index (κ1) is 20.3. The maximum Gasteiger partial charge on any atom is 0.267 e. The summed E-state index contributed by atoms with van der Waals surface area (Å²) in [5.74, 6) is 1.54. The van der Waals surface area contributed by atoms with E-state index in [0.717, 1.165) is 51.8 Å². The molecule has 0 unspecified atom stereocenters. The van der Waals surface area contributed by atoms with Crippen molar-refractivity contribution in [2.75, 3.05) is 7.11 Å². The van der Waals surface area contributed by atoms with Crippen LogP contribution in [0, 0.1) is 13.8 Å². The predicted molar refractivity (Wildman–Crippen MR) is 129 cm³/mol. The van der Waals surface area contributed by atoms with Crippen molar-refractivity contribution in [3.8, 4) is 11.4 Å². The molecule has 0 saturated carbocycles. The second-order valence-corrected chi connectivity index (χ2v) is 10.0. The summed E-state index contributed by atoms with van der Waals surface area (Å²) in [6, 6.07) is 14.2. The molecule has 4 aromatic rings. The summed E-state index contributed by atoms with van der Waals surface area (Å²) in [5, 5.41) is 1.55. The van der Waals surface area contributed by atoms with E-state index in [-0.39, 0.29) is 5.56 Å². The number of aromatic nitrogens is 2. The fraction of sp³-hybridized carbons (Fsp3) is 0.280.